The van der Waals surface area contributed by atoms with E-state index in [-0.39, 0.29) is 5.41 Å². The van der Waals surface area contributed by atoms with Crippen LogP contribution >= 0.6 is 0 Å². The lowest BCUT2D eigenvalue weighted by Crippen LogP contribution is -2.33. The van der Waals surface area contributed by atoms with Gasteiger partial charge in [0.05, 0.1) is 0 Å². The molecule has 0 nitrogen and oxygen atoms in total. The molecule has 0 unspecified atom stereocenters. The number of rotatable bonds is 2. The van der Waals surface area contributed by atoms with Gasteiger partial charge in [-0.05, 0) is 70.4 Å². The van der Waals surface area contributed by atoms with Crippen LogP contribution in [0, 0.1) is 6.92 Å². The molecule has 0 fully saturated rings. The SMILES string of the molecule is CCc1cccc(-c2ccc3c(c2)C(C)(C)CCC3(C)C)c1C. The zero-order valence-electron chi connectivity index (χ0n) is 15.6. The van der Waals surface area contributed by atoms with Crippen LogP contribution in [0.1, 0.15) is 69.7 Å². The first-order chi connectivity index (χ1) is 10.8. The van der Waals surface area contributed by atoms with Gasteiger partial charge in [-0.15, -0.1) is 0 Å². The van der Waals surface area contributed by atoms with Crippen LogP contribution in [-0.4, -0.2) is 0 Å². The van der Waals surface area contributed by atoms with Gasteiger partial charge in [0.15, 0.2) is 0 Å². The van der Waals surface area contributed by atoms with Crippen LogP contribution in [0.4, 0.5) is 0 Å². The molecular formula is C23H30. The second-order valence-electron chi connectivity index (χ2n) is 8.47. The van der Waals surface area contributed by atoms with Crippen molar-refractivity contribution in [2.45, 2.75) is 71.6 Å². The van der Waals surface area contributed by atoms with E-state index in [1.165, 1.54) is 35.1 Å². The third-order valence-corrected chi connectivity index (χ3v) is 5.99. The molecule has 0 amide bonds. The van der Waals surface area contributed by atoms with E-state index in [0.717, 1.165) is 6.42 Å². The summed E-state index contributed by atoms with van der Waals surface area (Å²) in [6.45, 7) is 14.1. The molecule has 23 heavy (non-hydrogen) atoms. The molecule has 3 rings (SSSR count). The van der Waals surface area contributed by atoms with E-state index < -0.39 is 0 Å². The van der Waals surface area contributed by atoms with Gasteiger partial charge in [0, 0.05) is 0 Å². The fraction of sp³-hybridized carbons (Fsp3) is 0.478. The molecule has 0 aromatic heterocycles. The summed E-state index contributed by atoms with van der Waals surface area (Å²) in [5.41, 5.74) is 9.33. The van der Waals surface area contributed by atoms with Crippen molar-refractivity contribution >= 4 is 0 Å². The molecule has 1 aliphatic rings. The van der Waals surface area contributed by atoms with Crippen molar-refractivity contribution in [3.8, 4) is 11.1 Å². The summed E-state index contributed by atoms with van der Waals surface area (Å²) in [7, 11) is 0. The first-order valence-corrected chi connectivity index (χ1v) is 9.00. The Labute approximate surface area is 141 Å². The van der Waals surface area contributed by atoms with Gasteiger partial charge in [-0.25, -0.2) is 0 Å². The largest absolute Gasteiger partial charge is 0.0614 e. The van der Waals surface area contributed by atoms with Gasteiger partial charge >= 0.3 is 0 Å². The molecule has 1 aliphatic carbocycles. The topological polar surface area (TPSA) is 0 Å². The summed E-state index contributed by atoms with van der Waals surface area (Å²) < 4.78 is 0. The average molecular weight is 306 g/mol. The lowest BCUT2D eigenvalue weighted by Gasteiger charge is -2.42. The third-order valence-electron chi connectivity index (χ3n) is 5.99. The Morgan fingerprint density at radius 1 is 0.870 bits per heavy atom. The Morgan fingerprint density at radius 3 is 2.17 bits per heavy atom. The molecular weight excluding hydrogens is 276 g/mol. The highest BCUT2D eigenvalue weighted by Gasteiger charge is 2.36. The highest BCUT2D eigenvalue weighted by Crippen LogP contribution is 2.47. The van der Waals surface area contributed by atoms with Gasteiger partial charge in [-0.1, -0.05) is 71.0 Å². The summed E-state index contributed by atoms with van der Waals surface area (Å²) in [6.07, 6.45) is 3.64. The molecule has 0 aliphatic heterocycles. The van der Waals surface area contributed by atoms with E-state index in [4.69, 9.17) is 0 Å². The molecule has 0 N–H and O–H groups in total. The van der Waals surface area contributed by atoms with E-state index in [0.29, 0.717) is 5.41 Å². The van der Waals surface area contributed by atoms with E-state index in [2.05, 4.69) is 77.9 Å². The van der Waals surface area contributed by atoms with Crippen LogP contribution < -0.4 is 0 Å². The standard InChI is InChI=1S/C23H30/c1-7-17-9-8-10-19(16(17)2)18-11-12-20-21(15-18)23(5,6)14-13-22(20,3)4/h8-12,15H,7,13-14H2,1-6H3. The van der Waals surface area contributed by atoms with Crippen LogP contribution in [0.25, 0.3) is 11.1 Å². The van der Waals surface area contributed by atoms with Crippen LogP contribution in [0.15, 0.2) is 36.4 Å². The fourth-order valence-electron chi connectivity index (χ4n) is 4.14. The summed E-state index contributed by atoms with van der Waals surface area (Å²) in [5.74, 6) is 0. The van der Waals surface area contributed by atoms with Crippen molar-refractivity contribution in [2.75, 3.05) is 0 Å². The van der Waals surface area contributed by atoms with Crippen molar-refractivity contribution in [3.63, 3.8) is 0 Å². The Bertz CT molecular complexity index is 732. The molecule has 0 bridgehead atoms. The Balaban J connectivity index is 2.18. The van der Waals surface area contributed by atoms with Gasteiger partial charge in [0.1, 0.15) is 0 Å². The van der Waals surface area contributed by atoms with E-state index >= 15 is 0 Å². The van der Waals surface area contributed by atoms with Crippen molar-refractivity contribution < 1.29 is 0 Å². The fourth-order valence-corrected chi connectivity index (χ4v) is 4.14. The molecule has 122 valence electrons. The Kier molecular flexibility index (Phi) is 3.91. The van der Waals surface area contributed by atoms with Gasteiger partial charge in [0.2, 0.25) is 0 Å². The number of aryl methyl sites for hydroxylation is 1. The smallest absolute Gasteiger partial charge is 0.0100 e. The van der Waals surface area contributed by atoms with Crippen molar-refractivity contribution in [1.82, 2.24) is 0 Å². The van der Waals surface area contributed by atoms with Gasteiger partial charge < -0.3 is 0 Å². The van der Waals surface area contributed by atoms with Gasteiger partial charge in [-0.2, -0.15) is 0 Å². The van der Waals surface area contributed by atoms with Crippen molar-refractivity contribution in [1.29, 1.82) is 0 Å². The summed E-state index contributed by atoms with van der Waals surface area (Å²) in [4.78, 5) is 0. The molecule has 0 heteroatoms. The van der Waals surface area contributed by atoms with Crippen LogP contribution in [0.5, 0.6) is 0 Å². The predicted octanol–water partition coefficient (Wildman–Crippen LogP) is 6.57. The van der Waals surface area contributed by atoms with Gasteiger partial charge in [0.25, 0.3) is 0 Å². The van der Waals surface area contributed by atoms with Gasteiger partial charge in [-0.3, -0.25) is 0 Å². The molecule has 2 aromatic carbocycles. The van der Waals surface area contributed by atoms with Crippen LogP contribution in [-0.2, 0) is 17.3 Å². The molecule has 0 spiro atoms. The van der Waals surface area contributed by atoms with E-state index in [1.54, 1.807) is 11.1 Å². The predicted molar refractivity (Wildman–Crippen MR) is 101 cm³/mol. The number of hydrogen-bond acceptors (Lipinski definition) is 0. The maximum absolute atomic E-state index is 2.47. The van der Waals surface area contributed by atoms with E-state index in [9.17, 15) is 0 Å². The highest BCUT2D eigenvalue weighted by molar-refractivity contribution is 5.70. The minimum absolute atomic E-state index is 0.275. The quantitative estimate of drug-likeness (QED) is 0.588. The molecule has 0 saturated heterocycles. The zero-order chi connectivity index (χ0) is 16.8. The number of benzene rings is 2. The second-order valence-corrected chi connectivity index (χ2v) is 8.47. The Morgan fingerprint density at radius 2 is 1.52 bits per heavy atom. The highest BCUT2D eigenvalue weighted by atomic mass is 14.4. The minimum atomic E-state index is 0.275. The molecule has 0 saturated carbocycles. The van der Waals surface area contributed by atoms with Crippen molar-refractivity contribution in [3.05, 3.63) is 58.7 Å². The second kappa shape index (κ2) is 5.51. The summed E-state index contributed by atoms with van der Waals surface area (Å²) >= 11 is 0. The molecule has 2 aromatic rings. The lowest BCUT2D eigenvalue weighted by molar-refractivity contribution is 0.332. The maximum atomic E-state index is 2.47. The number of hydrogen-bond donors (Lipinski definition) is 0. The maximum Gasteiger partial charge on any atom is -0.0100 e. The van der Waals surface area contributed by atoms with Crippen molar-refractivity contribution in [2.24, 2.45) is 0 Å². The first-order valence-electron chi connectivity index (χ1n) is 9.00. The lowest BCUT2D eigenvalue weighted by atomic mass is 9.63. The monoisotopic (exact) mass is 306 g/mol. The van der Waals surface area contributed by atoms with E-state index in [1.807, 2.05) is 0 Å². The van der Waals surface area contributed by atoms with Crippen LogP contribution in [0.3, 0.4) is 0 Å². The summed E-state index contributed by atoms with van der Waals surface area (Å²) in [6, 6.07) is 13.9. The normalized spacial score (nSPS) is 18.5. The summed E-state index contributed by atoms with van der Waals surface area (Å²) in [5, 5.41) is 0. The number of fused-ring (bicyclic) bond motifs is 1. The zero-order valence-corrected chi connectivity index (χ0v) is 15.6. The Hall–Kier alpha value is -1.56. The molecule has 0 heterocycles. The average Bonchev–Trinajstić information content (AvgIpc) is 2.52. The minimum Gasteiger partial charge on any atom is -0.0614 e. The molecule has 0 atom stereocenters. The van der Waals surface area contributed by atoms with Crippen LogP contribution in [0.2, 0.25) is 0 Å². The molecule has 0 radical (unpaired) electrons. The third kappa shape index (κ3) is 2.73. The first kappa shape index (κ1) is 16.3.